The molecule has 2 aromatic heterocycles. The summed E-state index contributed by atoms with van der Waals surface area (Å²) in [6.07, 6.45) is 5.65. The minimum absolute atomic E-state index is 0.0996. The molecule has 1 aliphatic heterocycles. The van der Waals surface area contributed by atoms with Crippen molar-refractivity contribution in [3.05, 3.63) is 81.7 Å². The van der Waals surface area contributed by atoms with E-state index in [1.165, 1.54) is 0 Å². The smallest absolute Gasteiger partial charge is 0.259 e. The van der Waals surface area contributed by atoms with Crippen LogP contribution >= 0.6 is 11.6 Å². The van der Waals surface area contributed by atoms with Crippen LogP contribution in [0.3, 0.4) is 0 Å². The Balaban J connectivity index is 1.46. The minimum Gasteiger partial charge on any atom is -0.349 e. The Morgan fingerprint density at radius 1 is 1.03 bits per heavy atom. The lowest BCUT2D eigenvalue weighted by Gasteiger charge is -2.23. The number of sulfone groups is 1. The molecule has 2 aromatic carbocycles. The Bertz CT molecular complexity index is 1640. The van der Waals surface area contributed by atoms with Gasteiger partial charge in [-0.3, -0.25) is 14.0 Å². The maximum atomic E-state index is 13.2. The van der Waals surface area contributed by atoms with E-state index in [4.69, 9.17) is 16.6 Å². The molecule has 3 heterocycles. The zero-order valence-corrected chi connectivity index (χ0v) is 23.3. The van der Waals surface area contributed by atoms with Gasteiger partial charge in [-0.25, -0.2) is 13.4 Å². The number of rotatable bonds is 8. The SMILES string of the molecule is CCCCCn1c(-c2ccc(C(=O)NC3CCS(=O)(=O)CC3)cc2)cc(=O)n2cc(-c3ccc(Cl)cc3)nc12. The van der Waals surface area contributed by atoms with Crippen LogP contribution in [0.5, 0.6) is 0 Å². The van der Waals surface area contributed by atoms with Gasteiger partial charge < -0.3 is 9.88 Å². The predicted molar refractivity (Wildman–Crippen MR) is 154 cm³/mol. The summed E-state index contributed by atoms with van der Waals surface area (Å²) in [6.45, 7) is 2.84. The van der Waals surface area contributed by atoms with Crippen LogP contribution in [-0.4, -0.2) is 45.8 Å². The highest BCUT2D eigenvalue weighted by molar-refractivity contribution is 7.91. The summed E-state index contributed by atoms with van der Waals surface area (Å²) in [5, 5.41) is 3.58. The van der Waals surface area contributed by atoms with E-state index in [-0.39, 0.29) is 29.0 Å². The molecule has 1 aliphatic rings. The molecule has 5 rings (SSSR count). The fourth-order valence-corrected chi connectivity index (χ4v) is 6.55. The molecule has 1 fully saturated rings. The van der Waals surface area contributed by atoms with Crippen molar-refractivity contribution in [3.63, 3.8) is 0 Å². The molecular weight excluding hydrogens is 536 g/mol. The molecule has 0 radical (unpaired) electrons. The molecule has 0 atom stereocenters. The van der Waals surface area contributed by atoms with Crippen LogP contribution in [0.15, 0.2) is 65.6 Å². The van der Waals surface area contributed by atoms with Gasteiger partial charge in [-0.1, -0.05) is 55.6 Å². The molecule has 0 saturated carbocycles. The van der Waals surface area contributed by atoms with Crippen molar-refractivity contribution in [3.8, 4) is 22.5 Å². The van der Waals surface area contributed by atoms with Gasteiger partial charge in [-0.2, -0.15) is 0 Å². The Hall–Kier alpha value is -3.43. The van der Waals surface area contributed by atoms with Crippen LogP contribution in [0, 0.1) is 0 Å². The van der Waals surface area contributed by atoms with Crippen LogP contribution in [-0.2, 0) is 16.4 Å². The topological polar surface area (TPSA) is 103 Å². The van der Waals surface area contributed by atoms with Gasteiger partial charge in [0.05, 0.1) is 22.9 Å². The minimum atomic E-state index is -2.99. The number of benzene rings is 2. The van der Waals surface area contributed by atoms with E-state index in [0.717, 1.165) is 36.1 Å². The number of carbonyl (C=O) groups is 1. The third-order valence-corrected chi connectivity index (χ3v) is 9.14. The van der Waals surface area contributed by atoms with Crippen molar-refractivity contribution in [2.24, 2.45) is 0 Å². The average molecular weight is 567 g/mol. The molecule has 0 bridgehead atoms. The van der Waals surface area contributed by atoms with E-state index in [0.29, 0.717) is 41.4 Å². The van der Waals surface area contributed by atoms with Crippen LogP contribution in [0.2, 0.25) is 5.02 Å². The quantitative estimate of drug-likeness (QED) is 0.303. The third-order valence-electron chi connectivity index (χ3n) is 7.18. The normalized spacial score (nSPS) is 15.4. The number of aromatic nitrogens is 3. The first kappa shape index (κ1) is 27.1. The lowest BCUT2D eigenvalue weighted by atomic mass is 10.1. The standard InChI is InChI=1S/C29H31ClN4O4S/c1-2-3-4-15-33-26(18-27(35)34-19-25(32-29(33)34)20-9-11-23(30)12-10-20)21-5-7-22(8-6-21)28(36)31-24-13-16-39(37,38)17-14-24/h5-12,18-19,24H,2-4,13-17H2,1H3,(H,31,36). The van der Waals surface area contributed by atoms with Crippen LogP contribution in [0.25, 0.3) is 28.3 Å². The molecule has 1 amide bonds. The highest BCUT2D eigenvalue weighted by atomic mass is 35.5. The number of hydrogen-bond donors (Lipinski definition) is 1. The number of unbranched alkanes of at least 4 members (excludes halogenated alkanes) is 2. The number of halogens is 1. The Labute approximate surface area is 232 Å². The molecule has 39 heavy (non-hydrogen) atoms. The first-order valence-electron chi connectivity index (χ1n) is 13.2. The number of aryl methyl sites for hydroxylation is 1. The van der Waals surface area contributed by atoms with Gasteiger partial charge in [0.1, 0.15) is 9.84 Å². The van der Waals surface area contributed by atoms with Gasteiger partial charge in [0.2, 0.25) is 5.78 Å². The molecule has 204 valence electrons. The summed E-state index contributed by atoms with van der Waals surface area (Å²) in [5.74, 6) is 0.528. The molecule has 10 heteroatoms. The number of fused-ring (bicyclic) bond motifs is 1. The summed E-state index contributed by atoms with van der Waals surface area (Å²) in [6, 6.07) is 16.0. The predicted octanol–water partition coefficient (Wildman–Crippen LogP) is 4.98. The second-order valence-electron chi connectivity index (χ2n) is 10.0. The van der Waals surface area contributed by atoms with E-state index in [9.17, 15) is 18.0 Å². The molecular formula is C29H31ClN4O4S. The fourth-order valence-electron chi connectivity index (χ4n) is 4.93. The number of amides is 1. The van der Waals surface area contributed by atoms with Gasteiger partial charge in [0.15, 0.2) is 0 Å². The first-order valence-corrected chi connectivity index (χ1v) is 15.4. The van der Waals surface area contributed by atoms with Crippen molar-refractivity contribution in [2.75, 3.05) is 11.5 Å². The van der Waals surface area contributed by atoms with Crippen molar-refractivity contribution in [2.45, 2.75) is 51.6 Å². The van der Waals surface area contributed by atoms with E-state index < -0.39 is 9.84 Å². The second kappa shape index (κ2) is 11.4. The molecule has 1 N–H and O–H groups in total. The van der Waals surface area contributed by atoms with Crippen molar-refractivity contribution in [1.82, 2.24) is 19.3 Å². The van der Waals surface area contributed by atoms with Gasteiger partial charge in [-0.05, 0) is 49.1 Å². The van der Waals surface area contributed by atoms with Crippen molar-refractivity contribution >= 4 is 33.1 Å². The Morgan fingerprint density at radius 3 is 2.36 bits per heavy atom. The highest BCUT2D eigenvalue weighted by Gasteiger charge is 2.25. The largest absolute Gasteiger partial charge is 0.349 e. The lowest BCUT2D eigenvalue weighted by molar-refractivity contribution is 0.0934. The summed E-state index contributed by atoms with van der Waals surface area (Å²) in [4.78, 5) is 30.8. The van der Waals surface area contributed by atoms with E-state index in [1.54, 1.807) is 40.9 Å². The molecule has 0 spiro atoms. The Morgan fingerprint density at radius 2 is 1.69 bits per heavy atom. The summed E-state index contributed by atoms with van der Waals surface area (Å²) < 4.78 is 27.0. The van der Waals surface area contributed by atoms with Gasteiger partial charge in [0.25, 0.3) is 11.5 Å². The van der Waals surface area contributed by atoms with Gasteiger partial charge >= 0.3 is 0 Å². The lowest BCUT2D eigenvalue weighted by Crippen LogP contribution is -2.40. The van der Waals surface area contributed by atoms with E-state index >= 15 is 0 Å². The second-order valence-corrected chi connectivity index (χ2v) is 12.7. The zero-order valence-electron chi connectivity index (χ0n) is 21.8. The van der Waals surface area contributed by atoms with E-state index in [1.807, 2.05) is 24.3 Å². The van der Waals surface area contributed by atoms with Crippen LogP contribution in [0.4, 0.5) is 0 Å². The number of nitrogens with zero attached hydrogens (tertiary/aromatic N) is 3. The Kier molecular flexibility index (Phi) is 7.91. The molecule has 1 saturated heterocycles. The van der Waals surface area contributed by atoms with Gasteiger partial charge in [0, 0.05) is 41.0 Å². The average Bonchev–Trinajstić information content (AvgIpc) is 3.38. The fraction of sp³-hybridized carbons (Fsp3) is 0.345. The molecule has 0 unspecified atom stereocenters. The van der Waals surface area contributed by atoms with Gasteiger partial charge in [-0.15, -0.1) is 0 Å². The molecule has 8 nitrogen and oxygen atoms in total. The third kappa shape index (κ3) is 6.09. The maximum absolute atomic E-state index is 13.2. The number of nitrogens with one attached hydrogen (secondary N) is 1. The highest BCUT2D eigenvalue weighted by Crippen LogP contribution is 2.25. The van der Waals surface area contributed by atoms with Crippen LogP contribution in [0.1, 0.15) is 49.4 Å². The van der Waals surface area contributed by atoms with E-state index in [2.05, 4.69) is 16.8 Å². The number of carbonyl (C=O) groups excluding carboxylic acids is 1. The zero-order chi connectivity index (χ0) is 27.6. The molecule has 4 aromatic rings. The van der Waals surface area contributed by atoms with Crippen molar-refractivity contribution in [1.29, 1.82) is 0 Å². The summed E-state index contributed by atoms with van der Waals surface area (Å²) in [7, 11) is -2.99. The maximum Gasteiger partial charge on any atom is 0.259 e. The number of imidazole rings is 1. The first-order chi connectivity index (χ1) is 18.7. The van der Waals surface area contributed by atoms with Crippen molar-refractivity contribution < 1.29 is 13.2 Å². The summed E-state index contributed by atoms with van der Waals surface area (Å²) in [5.41, 5.74) is 3.40. The summed E-state index contributed by atoms with van der Waals surface area (Å²) >= 11 is 6.05. The monoisotopic (exact) mass is 566 g/mol. The number of hydrogen-bond acceptors (Lipinski definition) is 5. The van der Waals surface area contributed by atoms with Crippen LogP contribution < -0.4 is 10.9 Å². The molecule has 0 aliphatic carbocycles.